The molecule has 204 valence electrons. The Morgan fingerprint density at radius 3 is 1.64 bits per heavy atom. The second-order valence-corrected chi connectivity index (χ2v) is 14.1. The maximum absolute atomic E-state index is 12.1. The average molecular weight is 606 g/mol. The molecule has 4 rings (SSSR count). The first-order valence-electron chi connectivity index (χ1n) is 13.2. The van der Waals surface area contributed by atoms with Crippen molar-refractivity contribution in [3.8, 4) is 5.75 Å². The SMILES string of the molecule is CCOC(=O)COc1c(C)cc(C[P+](c2ccccc2)(c2ccccc2)c2ccccc2)cc1C(C)(C)C.[Br-]. The van der Waals surface area contributed by atoms with Crippen molar-refractivity contribution in [3.05, 3.63) is 120 Å². The molecule has 0 aliphatic rings. The van der Waals surface area contributed by atoms with Gasteiger partial charge in [0.1, 0.15) is 28.9 Å². The molecule has 0 bridgehead atoms. The van der Waals surface area contributed by atoms with Crippen molar-refractivity contribution in [1.82, 2.24) is 0 Å². The summed E-state index contributed by atoms with van der Waals surface area (Å²) in [6, 6.07) is 37.4. The molecule has 3 nitrogen and oxygen atoms in total. The van der Waals surface area contributed by atoms with Crippen LogP contribution in [0.25, 0.3) is 0 Å². The third-order valence-corrected chi connectivity index (χ3v) is 11.2. The monoisotopic (exact) mass is 604 g/mol. The van der Waals surface area contributed by atoms with E-state index >= 15 is 0 Å². The van der Waals surface area contributed by atoms with E-state index in [4.69, 9.17) is 9.47 Å². The van der Waals surface area contributed by atoms with Gasteiger partial charge in [-0.2, -0.15) is 0 Å². The summed E-state index contributed by atoms with van der Waals surface area (Å²) in [4.78, 5) is 12.1. The molecule has 39 heavy (non-hydrogen) atoms. The van der Waals surface area contributed by atoms with Gasteiger partial charge in [-0.3, -0.25) is 0 Å². The Kier molecular flexibility index (Phi) is 10.5. The van der Waals surface area contributed by atoms with Crippen LogP contribution in [0.1, 0.15) is 44.4 Å². The third kappa shape index (κ3) is 6.99. The standard InChI is InChI=1S/C34H38O3P.BrH/c1-6-36-32(35)24-37-33-26(2)22-27(23-31(33)34(3,4)5)25-38(28-16-10-7-11-17-28,29-18-12-8-13-19-29)30-20-14-9-15-21-30;/h7-23H,6,24-25H2,1-5H3;1H/q+1;/p-1. The van der Waals surface area contributed by atoms with E-state index < -0.39 is 7.26 Å². The van der Waals surface area contributed by atoms with Crippen LogP contribution in [0.5, 0.6) is 5.75 Å². The highest BCUT2D eigenvalue weighted by atomic mass is 79.9. The molecule has 0 aromatic heterocycles. The number of halogens is 1. The fraction of sp³-hybridized carbons (Fsp3) is 0.265. The molecule has 0 saturated carbocycles. The Hall–Kier alpha value is -2.94. The van der Waals surface area contributed by atoms with Gasteiger partial charge < -0.3 is 26.5 Å². The largest absolute Gasteiger partial charge is 1.00 e. The summed E-state index contributed by atoms with van der Waals surface area (Å²) in [6.07, 6.45) is 0.882. The fourth-order valence-electron chi connectivity index (χ4n) is 5.06. The Bertz CT molecular complexity index is 1250. The first-order valence-corrected chi connectivity index (χ1v) is 15.2. The summed E-state index contributed by atoms with van der Waals surface area (Å²) in [6.45, 7) is 10.7. The molecule has 4 aromatic rings. The summed E-state index contributed by atoms with van der Waals surface area (Å²) in [5.41, 5.74) is 3.23. The number of aryl methyl sites for hydroxylation is 1. The zero-order valence-corrected chi connectivity index (χ0v) is 26.0. The number of ether oxygens (including phenoxy) is 2. The molecule has 0 fully saturated rings. The Morgan fingerprint density at radius 1 is 0.769 bits per heavy atom. The van der Waals surface area contributed by atoms with Crippen LogP contribution in [0.4, 0.5) is 0 Å². The van der Waals surface area contributed by atoms with Crippen LogP contribution in [0.3, 0.4) is 0 Å². The molecule has 0 aliphatic carbocycles. The van der Waals surface area contributed by atoms with E-state index in [1.165, 1.54) is 21.5 Å². The van der Waals surface area contributed by atoms with Crippen LogP contribution < -0.4 is 37.6 Å². The lowest BCUT2D eigenvalue weighted by molar-refractivity contribution is -0.145. The van der Waals surface area contributed by atoms with Crippen molar-refractivity contribution < 1.29 is 31.2 Å². The predicted molar refractivity (Wildman–Crippen MR) is 161 cm³/mol. The smallest absolute Gasteiger partial charge is 0.344 e. The number of carbonyl (C=O) groups excluding carboxylic acids is 1. The molecule has 4 aromatic carbocycles. The fourth-order valence-corrected chi connectivity index (χ4v) is 9.28. The van der Waals surface area contributed by atoms with Gasteiger partial charge in [-0.05, 0) is 78.9 Å². The number of benzene rings is 4. The van der Waals surface area contributed by atoms with E-state index in [-0.39, 0.29) is 35.0 Å². The number of hydrogen-bond acceptors (Lipinski definition) is 3. The molecule has 0 unspecified atom stereocenters. The van der Waals surface area contributed by atoms with Crippen molar-refractivity contribution in [1.29, 1.82) is 0 Å². The van der Waals surface area contributed by atoms with Crippen molar-refractivity contribution in [2.45, 2.75) is 46.2 Å². The minimum Gasteiger partial charge on any atom is -1.00 e. The molecule has 0 N–H and O–H groups in total. The van der Waals surface area contributed by atoms with Gasteiger partial charge in [-0.25, -0.2) is 4.79 Å². The highest BCUT2D eigenvalue weighted by Gasteiger charge is 2.45. The Morgan fingerprint density at radius 2 is 1.23 bits per heavy atom. The normalized spacial score (nSPS) is 11.4. The van der Waals surface area contributed by atoms with Gasteiger partial charge in [0.25, 0.3) is 0 Å². The van der Waals surface area contributed by atoms with Crippen LogP contribution >= 0.6 is 7.26 Å². The van der Waals surface area contributed by atoms with Gasteiger partial charge in [-0.15, -0.1) is 0 Å². The van der Waals surface area contributed by atoms with Crippen LogP contribution in [0.2, 0.25) is 0 Å². The van der Waals surface area contributed by atoms with Gasteiger partial charge in [0.2, 0.25) is 0 Å². The quantitative estimate of drug-likeness (QED) is 0.216. The van der Waals surface area contributed by atoms with E-state index in [0.29, 0.717) is 6.61 Å². The second kappa shape index (κ2) is 13.4. The van der Waals surface area contributed by atoms with E-state index in [1.54, 1.807) is 6.92 Å². The highest BCUT2D eigenvalue weighted by molar-refractivity contribution is 7.95. The number of carbonyl (C=O) groups is 1. The summed E-state index contributed by atoms with van der Waals surface area (Å²) in [5.74, 6) is 0.426. The first kappa shape index (κ1) is 30.6. The zero-order valence-electron chi connectivity index (χ0n) is 23.5. The molecule has 0 aliphatic heterocycles. The van der Waals surface area contributed by atoms with Gasteiger partial charge in [0, 0.05) is 5.56 Å². The average Bonchev–Trinajstić information content (AvgIpc) is 2.92. The molecule has 0 atom stereocenters. The minimum atomic E-state index is -2.04. The van der Waals surface area contributed by atoms with E-state index in [2.05, 4.69) is 131 Å². The molecule has 0 spiro atoms. The van der Waals surface area contributed by atoms with E-state index in [9.17, 15) is 4.79 Å². The van der Waals surface area contributed by atoms with Gasteiger partial charge in [0.05, 0.1) is 12.8 Å². The summed E-state index contributed by atoms with van der Waals surface area (Å²) >= 11 is 0. The second-order valence-electron chi connectivity index (χ2n) is 10.6. The summed E-state index contributed by atoms with van der Waals surface area (Å²) < 4.78 is 11.2. The van der Waals surface area contributed by atoms with Gasteiger partial charge in [-0.1, -0.05) is 75.4 Å². The lowest BCUT2D eigenvalue weighted by Crippen LogP contribution is -3.00. The predicted octanol–water partition coefficient (Wildman–Crippen LogP) is 3.73. The maximum atomic E-state index is 12.1. The number of hydrogen-bond donors (Lipinski definition) is 0. The minimum absolute atomic E-state index is 0. The molecular formula is C34H38BrO3P. The third-order valence-electron chi connectivity index (χ3n) is 6.79. The van der Waals surface area contributed by atoms with Crippen LogP contribution in [-0.4, -0.2) is 19.2 Å². The van der Waals surface area contributed by atoms with Crippen molar-refractivity contribution >= 4 is 29.1 Å². The highest BCUT2D eigenvalue weighted by Crippen LogP contribution is 2.58. The molecule has 0 amide bonds. The lowest BCUT2D eigenvalue weighted by atomic mass is 9.84. The van der Waals surface area contributed by atoms with E-state index in [1.807, 2.05) is 0 Å². The van der Waals surface area contributed by atoms with Crippen molar-refractivity contribution in [2.75, 3.05) is 13.2 Å². The molecule has 0 radical (unpaired) electrons. The van der Waals surface area contributed by atoms with E-state index in [0.717, 1.165) is 23.0 Å². The van der Waals surface area contributed by atoms with Crippen LogP contribution in [-0.2, 0) is 21.1 Å². The lowest BCUT2D eigenvalue weighted by Gasteiger charge is -2.30. The molecular weight excluding hydrogens is 567 g/mol. The number of rotatable bonds is 9. The zero-order chi connectivity index (χ0) is 27.2. The molecule has 0 saturated heterocycles. The van der Waals surface area contributed by atoms with Crippen molar-refractivity contribution in [2.24, 2.45) is 0 Å². The molecule has 0 heterocycles. The first-order chi connectivity index (χ1) is 18.3. The van der Waals surface area contributed by atoms with Gasteiger partial charge >= 0.3 is 5.97 Å². The summed E-state index contributed by atoms with van der Waals surface area (Å²) in [7, 11) is -2.04. The number of esters is 1. The van der Waals surface area contributed by atoms with Gasteiger partial charge in [0.15, 0.2) is 6.61 Å². The molecule has 5 heteroatoms. The summed E-state index contributed by atoms with van der Waals surface area (Å²) in [5, 5.41) is 4.07. The van der Waals surface area contributed by atoms with Crippen LogP contribution in [0.15, 0.2) is 103 Å². The van der Waals surface area contributed by atoms with Crippen molar-refractivity contribution in [3.63, 3.8) is 0 Å². The van der Waals surface area contributed by atoms with Crippen LogP contribution in [0, 0.1) is 6.92 Å². The maximum Gasteiger partial charge on any atom is 0.344 e. The topological polar surface area (TPSA) is 35.5 Å². The Balaban J connectivity index is 0.00000420. The Labute approximate surface area is 244 Å².